The Kier molecular flexibility index (Phi) is 4.55. The van der Waals surface area contributed by atoms with Crippen molar-refractivity contribution in [2.45, 2.75) is 39.2 Å². The van der Waals surface area contributed by atoms with E-state index in [4.69, 9.17) is 0 Å². The van der Waals surface area contributed by atoms with Crippen molar-refractivity contribution in [3.8, 4) is 0 Å². The molecule has 22 heavy (non-hydrogen) atoms. The van der Waals surface area contributed by atoms with Crippen molar-refractivity contribution in [2.75, 3.05) is 13.1 Å². The monoisotopic (exact) mass is 309 g/mol. The second-order valence-corrected chi connectivity index (χ2v) is 6.04. The number of carbonyl (C=O) groups is 2. The molecular weight excluding hydrogens is 286 g/mol. The Labute approximate surface area is 129 Å². The van der Waals surface area contributed by atoms with Gasteiger partial charge in [-0.2, -0.15) is 5.10 Å². The van der Waals surface area contributed by atoms with E-state index in [-0.39, 0.29) is 18.9 Å². The van der Waals surface area contributed by atoms with Gasteiger partial charge in [-0.05, 0) is 19.8 Å². The van der Waals surface area contributed by atoms with Gasteiger partial charge in [-0.3, -0.25) is 14.3 Å². The molecule has 2 atom stereocenters. The van der Waals surface area contributed by atoms with Crippen LogP contribution in [0.2, 0.25) is 0 Å². The highest BCUT2D eigenvalue weighted by Crippen LogP contribution is 2.36. The minimum absolute atomic E-state index is 0.0322. The number of aryl methyl sites for hydroxylation is 2. The molecule has 0 bridgehead atoms. The second kappa shape index (κ2) is 6.08. The van der Waals surface area contributed by atoms with E-state index in [1.165, 1.54) is 4.90 Å². The lowest BCUT2D eigenvalue weighted by atomic mass is 9.74. The summed E-state index contributed by atoms with van der Waals surface area (Å²) >= 11 is 0. The van der Waals surface area contributed by atoms with Gasteiger partial charge in [0, 0.05) is 26.3 Å². The number of aromatic nitrogens is 2. The fourth-order valence-electron chi connectivity index (χ4n) is 3.24. The molecule has 1 aromatic rings. The Bertz CT molecular complexity index is 583. The molecule has 1 aromatic heterocycles. The van der Waals surface area contributed by atoms with E-state index in [9.17, 15) is 19.8 Å². The van der Waals surface area contributed by atoms with Gasteiger partial charge in [0.05, 0.1) is 17.4 Å². The van der Waals surface area contributed by atoms with E-state index in [1.54, 1.807) is 24.9 Å². The average Bonchev–Trinajstić information content (AvgIpc) is 2.79. The molecule has 1 saturated heterocycles. The van der Waals surface area contributed by atoms with Crippen molar-refractivity contribution in [3.63, 3.8) is 0 Å². The molecular formula is C15H23N3O4. The van der Waals surface area contributed by atoms with Crippen LogP contribution in [0.4, 0.5) is 0 Å². The Balaban J connectivity index is 2.28. The number of amides is 1. The molecule has 1 aliphatic heterocycles. The van der Waals surface area contributed by atoms with Gasteiger partial charge in [-0.25, -0.2) is 0 Å². The van der Waals surface area contributed by atoms with Crippen LogP contribution in [-0.2, 0) is 11.8 Å². The number of likely N-dealkylation sites (tertiary alicyclic amines) is 1. The molecule has 0 aliphatic carbocycles. The van der Waals surface area contributed by atoms with Crippen molar-refractivity contribution in [1.82, 2.24) is 14.7 Å². The number of carboxylic acids is 1. The molecule has 1 fully saturated rings. The van der Waals surface area contributed by atoms with Crippen molar-refractivity contribution in [3.05, 3.63) is 17.5 Å². The van der Waals surface area contributed by atoms with Gasteiger partial charge in [-0.1, -0.05) is 13.3 Å². The first-order valence-electron chi connectivity index (χ1n) is 7.52. The molecule has 0 saturated carbocycles. The fraction of sp³-hybridized carbons (Fsp3) is 0.667. The van der Waals surface area contributed by atoms with E-state index in [0.717, 1.165) is 0 Å². The maximum Gasteiger partial charge on any atom is 0.314 e. The summed E-state index contributed by atoms with van der Waals surface area (Å²) in [6.07, 6.45) is 1.97. The van der Waals surface area contributed by atoms with Crippen molar-refractivity contribution < 1.29 is 19.8 Å². The van der Waals surface area contributed by atoms with Gasteiger partial charge in [-0.15, -0.1) is 0 Å². The standard InChI is InChI=1S/C15H23N3O4/c1-4-6-15(14(21)22)9-18(7-5-12(15)19)13(20)11-8-17(3)16-10(11)2/h8,12,19H,4-7,9H2,1-3H3,(H,21,22)/t12-,15+/m0/s1. The fourth-order valence-corrected chi connectivity index (χ4v) is 3.24. The zero-order chi connectivity index (χ0) is 16.5. The van der Waals surface area contributed by atoms with E-state index in [0.29, 0.717) is 30.6 Å². The topological polar surface area (TPSA) is 95.7 Å². The molecule has 0 spiro atoms. The Morgan fingerprint density at radius 1 is 1.50 bits per heavy atom. The number of aliphatic hydroxyl groups excluding tert-OH is 1. The van der Waals surface area contributed by atoms with Gasteiger partial charge in [0.2, 0.25) is 0 Å². The molecule has 2 rings (SSSR count). The first-order valence-corrected chi connectivity index (χ1v) is 7.52. The van der Waals surface area contributed by atoms with Gasteiger partial charge >= 0.3 is 5.97 Å². The van der Waals surface area contributed by atoms with E-state index in [1.807, 2.05) is 6.92 Å². The summed E-state index contributed by atoms with van der Waals surface area (Å²) in [5, 5.41) is 24.0. The van der Waals surface area contributed by atoms with Crippen LogP contribution < -0.4 is 0 Å². The summed E-state index contributed by atoms with van der Waals surface area (Å²) in [5.74, 6) is -1.26. The van der Waals surface area contributed by atoms with Gasteiger partial charge in [0.1, 0.15) is 5.41 Å². The van der Waals surface area contributed by atoms with Crippen LogP contribution in [0, 0.1) is 12.3 Å². The lowest BCUT2D eigenvalue weighted by Crippen LogP contribution is -2.57. The maximum absolute atomic E-state index is 12.7. The lowest BCUT2D eigenvalue weighted by molar-refractivity contribution is -0.162. The van der Waals surface area contributed by atoms with Crippen LogP contribution in [0.1, 0.15) is 42.2 Å². The van der Waals surface area contributed by atoms with Crippen LogP contribution in [0.3, 0.4) is 0 Å². The van der Waals surface area contributed by atoms with Crippen LogP contribution in [0.5, 0.6) is 0 Å². The molecule has 122 valence electrons. The number of piperidine rings is 1. The number of nitrogens with zero attached hydrogens (tertiary/aromatic N) is 3. The minimum atomic E-state index is -1.28. The zero-order valence-corrected chi connectivity index (χ0v) is 13.2. The highest BCUT2D eigenvalue weighted by molar-refractivity contribution is 5.95. The van der Waals surface area contributed by atoms with Crippen molar-refractivity contribution >= 4 is 11.9 Å². The van der Waals surface area contributed by atoms with Crippen molar-refractivity contribution in [1.29, 1.82) is 0 Å². The van der Waals surface area contributed by atoms with E-state index < -0.39 is 17.5 Å². The SMILES string of the molecule is CCC[C@@]1(C(=O)O)CN(C(=O)c2cn(C)nc2C)CC[C@@H]1O. The summed E-state index contributed by atoms with van der Waals surface area (Å²) < 4.78 is 1.57. The molecule has 1 amide bonds. The largest absolute Gasteiger partial charge is 0.481 e. The molecule has 7 nitrogen and oxygen atoms in total. The summed E-state index contributed by atoms with van der Waals surface area (Å²) in [7, 11) is 1.74. The normalized spacial score (nSPS) is 25.3. The molecule has 0 aromatic carbocycles. The Morgan fingerprint density at radius 2 is 2.18 bits per heavy atom. The van der Waals surface area contributed by atoms with Crippen LogP contribution in [0.25, 0.3) is 0 Å². The molecule has 2 N–H and O–H groups in total. The third-order valence-corrected chi connectivity index (χ3v) is 4.44. The molecule has 1 aliphatic rings. The number of rotatable bonds is 4. The third kappa shape index (κ3) is 2.72. The first-order chi connectivity index (χ1) is 10.3. The number of aliphatic hydroxyl groups is 1. The summed E-state index contributed by atoms with van der Waals surface area (Å²) in [5.41, 5.74) is -0.177. The predicted octanol–water partition coefficient (Wildman–Crippen LogP) is 0.806. The third-order valence-electron chi connectivity index (χ3n) is 4.44. The van der Waals surface area contributed by atoms with Gasteiger partial charge in [0.25, 0.3) is 5.91 Å². The number of carbonyl (C=O) groups excluding carboxylic acids is 1. The number of hydrogen-bond acceptors (Lipinski definition) is 4. The molecule has 7 heteroatoms. The molecule has 0 radical (unpaired) electrons. The number of hydrogen-bond donors (Lipinski definition) is 2. The molecule has 2 heterocycles. The predicted molar refractivity (Wildman–Crippen MR) is 79.4 cm³/mol. The van der Waals surface area contributed by atoms with E-state index >= 15 is 0 Å². The average molecular weight is 309 g/mol. The Hall–Kier alpha value is -1.89. The highest BCUT2D eigenvalue weighted by atomic mass is 16.4. The lowest BCUT2D eigenvalue weighted by Gasteiger charge is -2.43. The second-order valence-electron chi connectivity index (χ2n) is 6.04. The van der Waals surface area contributed by atoms with Gasteiger partial charge < -0.3 is 15.1 Å². The van der Waals surface area contributed by atoms with E-state index in [2.05, 4.69) is 5.10 Å². The number of aliphatic carboxylic acids is 1. The summed E-state index contributed by atoms with van der Waals surface area (Å²) in [6.45, 7) is 4.02. The smallest absolute Gasteiger partial charge is 0.314 e. The number of carboxylic acid groups (broad SMARTS) is 1. The maximum atomic E-state index is 12.7. The minimum Gasteiger partial charge on any atom is -0.481 e. The molecule has 0 unspecified atom stereocenters. The first kappa shape index (κ1) is 16.5. The van der Waals surface area contributed by atoms with Crippen molar-refractivity contribution in [2.24, 2.45) is 12.5 Å². The highest BCUT2D eigenvalue weighted by Gasteiger charge is 2.49. The quantitative estimate of drug-likeness (QED) is 0.858. The Morgan fingerprint density at radius 3 is 2.68 bits per heavy atom. The van der Waals surface area contributed by atoms with Gasteiger partial charge in [0.15, 0.2) is 0 Å². The zero-order valence-electron chi connectivity index (χ0n) is 13.2. The van der Waals surface area contributed by atoms with Crippen LogP contribution in [-0.4, -0.2) is 56.0 Å². The van der Waals surface area contributed by atoms with Crippen LogP contribution in [0.15, 0.2) is 6.20 Å². The van der Waals surface area contributed by atoms with Crippen LogP contribution >= 0.6 is 0 Å². The summed E-state index contributed by atoms with van der Waals surface area (Å²) in [4.78, 5) is 25.9. The summed E-state index contributed by atoms with van der Waals surface area (Å²) in [6, 6.07) is 0.